The average molecular weight is 339 g/mol. The van der Waals surface area contributed by atoms with Crippen LogP contribution in [0.2, 0.25) is 0 Å². The van der Waals surface area contributed by atoms with Crippen molar-refractivity contribution in [2.75, 3.05) is 14.1 Å². The van der Waals surface area contributed by atoms with E-state index in [0.29, 0.717) is 16.5 Å². The number of nitrogens with one attached hydrogen (secondary N) is 1. The van der Waals surface area contributed by atoms with Gasteiger partial charge in [-0.3, -0.25) is 9.59 Å². The summed E-state index contributed by atoms with van der Waals surface area (Å²) in [4.78, 5) is 29.8. The first-order valence-corrected chi connectivity index (χ1v) is 7.74. The molecule has 0 aliphatic heterocycles. The molecule has 2 aromatic heterocycles. The van der Waals surface area contributed by atoms with Gasteiger partial charge >= 0.3 is 0 Å². The normalized spacial score (nSPS) is 11.8. The zero-order valence-corrected chi connectivity index (χ0v) is 14.2. The lowest BCUT2D eigenvalue weighted by molar-refractivity contribution is 0.105. The minimum absolute atomic E-state index is 0.222. The maximum absolute atomic E-state index is 14.3. The van der Waals surface area contributed by atoms with E-state index in [4.69, 9.17) is 0 Å². The van der Waals surface area contributed by atoms with Crippen LogP contribution in [0.25, 0.3) is 16.5 Å². The molecule has 3 rings (SSSR count). The number of aromatic amines is 1. The Balaban J connectivity index is 2.19. The summed E-state index contributed by atoms with van der Waals surface area (Å²) in [6.07, 6.45) is 4.69. The topological polar surface area (TPSA) is 58.1 Å². The molecular weight excluding hydrogens is 321 g/mol. The molecule has 0 bridgehead atoms. The van der Waals surface area contributed by atoms with Crippen molar-refractivity contribution in [1.82, 2.24) is 14.5 Å². The Hall–Kier alpha value is -3.15. The Kier molecular flexibility index (Phi) is 4.27. The van der Waals surface area contributed by atoms with Crippen molar-refractivity contribution in [2.24, 2.45) is 7.05 Å². The van der Waals surface area contributed by atoms with Crippen LogP contribution in [0.1, 0.15) is 15.9 Å². The number of aryl methyl sites for hydroxylation is 1. The number of aromatic nitrogens is 2. The Labute approximate surface area is 144 Å². The first-order valence-electron chi connectivity index (χ1n) is 7.74. The van der Waals surface area contributed by atoms with Crippen LogP contribution >= 0.6 is 0 Å². The van der Waals surface area contributed by atoms with E-state index in [0.717, 1.165) is 0 Å². The highest BCUT2D eigenvalue weighted by molar-refractivity contribution is 6.32. The summed E-state index contributed by atoms with van der Waals surface area (Å²) in [5.74, 6) is -0.821. The van der Waals surface area contributed by atoms with Crippen molar-refractivity contribution >= 4 is 22.3 Å². The van der Waals surface area contributed by atoms with Crippen LogP contribution in [0, 0.1) is 5.82 Å². The Morgan fingerprint density at radius 1 is 1.20 bits per heavy atom. The highest BCUT2D eigenvalue weighted by Crippen LogP contribution is 2.26. The van der Waals surface area contributed by atoms with Crippen molar-refractivity contribution in [2.45, 2.75) is 0 Å². The Bertz CT molecular complexity index is 1040. The summed E-state index contributed by atoms with van der Waals surface area (Å²) in [5, 5.41) is 0.522. The van der Waals surface area contributed by atoms with Crippen LogP contribution in [0.4, 0.5) is 4.39 Å². The van der Waals surface area contributed by atoms with Crippen LogP contribution in [0.3, 0.4) is 0 Å². The molecular formula is C19H18FN3O2. The number of nitrogens with zero attached hydrogens (tertiary/aromatic N) is 2. The smallest absolute Gasteiger partial charge is 0.274 e. The number of carbonyl (C=O) groups excluding carboxylic acids is 1. The first-order chi connectivity index (χ1) is 11.9. The number of rotatable bonds is 4. The van der Waals surface area contributed by atoms with Crippen LogP contribution < -0.4 is 5.56 Å². The van der Waals surface area contributed by atoms with Gasteiger partial charge in [0, 0.05) is 61.8 Å². The molecule has 0 saturated heterocycles. The van der Waals surface area contributed by atoms with Gasteiger partial charge in [0.15, 0.2) is 5.78 Å². The minimum atomic E-state index is -0.472. The van der Waals surface area contributed by atoms with E-state index in [2.05, 4.69) is 4.98 Å². The van der Waals surface area contributed by atoms with Crippen LogP contribution in [0.15, 0.2) is 53.7 Å². The van der Waals surface area contributed by atoms with Crippen LogP contribution in [-0.4, -0.2) is 34.3 Å². The molecule has 0 atom stereocenters. The van der Waals surface area contributed by atoms with Gasteiger partial charge in [-0.05, 0) is 12.1 Å². The van der Waals surface area contributed by atoms with E-state index >= 15 is 0 Å². The van der Waals surface area contributed by atoms with Gasteiger partial charge in [0.2, 0.25) is 0 Å². The predicted octanol–water partition coefficient (Wildman–Crippen LogP) is 2.79. The standard InChI is InChI=1S/C19H18FN3O2/c1-22(2)11-15(12-6-4-5-7-16(12)20)18(24)14-10-21-17-13(14)8-9-23(3)19(17)25/h4-11,21H,1-3H3/b15-11+. The number of benzene rings is 1. The maximum atomic E-state index is 14.3. The quantitative estimate of drug-likeness (QED) is 0.587. The molecule has 1 N–H and O–H groups in total. The largest absolute Gasteiger partial charge is 0.383 e. The molecule has 0 amide bonds. The SMILES string of the molecule is CN(C)/C=C(/C(=O)c1c[nH]c2c(=O)n(C)ccc12)c1ccccc1F. The monoisotopic (exact) mass is 339 g/mol. The zero-order valence-electron chi connectivity index (χ0n) is 14.2. The fourth-order valence-corrected chi connectivity index (χ4v) is 2.74. The van der Waals surface area contributed by atoms with E-state index in [9.17, 15) is 14.0 Å². The van der Waals surface area contributed by atoms with Gasteiger partial charge in [-0.1, -0.05) is 18.2 Å². The number of halogens is 1. The zero-order chi connectivity index (χ0) is 18.1. The number of Topliss-reactive ketones (excluding diaryl/α,β-unsaturated/α-hetero) is 1. The summed E-state index contributed by atoms with van der Waals surface area (Å²) in [7, 11) is 5.17. The fraction of sp³-hybridized carbons (Fsp3) is 0.158. The molecule has 5 nitrogen and oxygen atoms in total. The molecule has 128 valence electrons. The predicted molar refractivity (Wildman–Crippen MR) is 95.9 cm³/mol. The molecule has 0 aliphatic carbocycles. The van der Waals surface area contributed by atoms with Crippen LogP contribution in [0.5, 0.6) is 0 Å². The summed E-state index contributed by atoms with van der Waals surface area (Å²) in [6, 6.07) is 7.84. The number of fused-ring (bicyclic) bond motifs is 1. The second kappa shape index (κ2) is 6.39. The summed E-state index contributed by atoms with van der Waals surface area (Å²) < 4.78 is 15.7. The Morgan fingerprint density at radius 3 is 2.60 bits per heavy atom. The van der Waals surface area contributed by atoms with Crippen LogP contribution in [-0.2, 0) is 7.05 Å². The fourth-order valence-electron chi connectivity index (χ4n) is 2.74. The van der Waals surface area contributed by atoms with E-state index in [1.165, 1.54) is 16.8 Å². The molecule has 0 saturated carbocycles. The van der Waals surface area contributed by atoms with Gasteiger partial charge in [-0.25, -0.2) is 4.39 Å². The number of ketones is 1. The molecule has 0 unspecified atom stereocenters. The average Bonchev–Trinajstić information content (AvgIpc) is 3.00. The highest BCUT2D eigenvalue weighted by Gasteiger charge is 2.21. The van der Waals surface area contributed by atoms with E-state index in [-0.39, 0.29) is 22.5 Å². The van der Waals surface area contributed by atoms with Crippen molar-refractivity contribution < 1.29 is 9.18 Å². The third-order valence-electron chi connectivity index (χ3n) is 3.96. The third kappa shape index (κ3) is 2.98. The summed E-state index contributed by atoms with van der Waals surface area (Å²) in [6.45, 7) is 0. The molecule has 1 aromatic carbocycles. The first kappa shape index (κ1) is 16.7. The van der Waals surface area contributed by atoms with Gasteiger partial charge in [0.25, 0.3) is 5.56 Å². The van der Waals surface area contributed by atoms with Gasteiger partial charge in [0.05, 0.1) is 0 Å². The molecule has 3 aromatic rings. The van der Waals surface area contributed by atoms with Crippen molar-refractivity contribution in [3.63, 3.8) is 0 Å². The van der Waals surface area contributed by atoms with Crippen molar-refractivity contribution in [3.8, 4) is 0 Å². The second-order valence-electron chi connectivity index (χ2n) is 6.04. The Morgan fingerprint density at radius 2 is 1.92 bits per heavy atom. The molecule has 0 aliphatic rings. The van der Waals surface area contributed by atoms with Gasteiger partial charge in [0.1, 0.15) is 11.3 Å². The number of carbonyl (C=O) groups is 1. The number of H-pyrrole nitrogens is 1. The minimum Gasteiger partial charge on any atom is -0.383 e. The molecule has 0 spiro atoms. The number of allylic oxidation sites excluding steroid dienone is 1. The van der Waals surface area contributed by atoms with E-state index < -0.39 is 5.82 Å². The van der Waals surface area contributed by atoms with Crippen molar-refractivity contribution in [3.05, 3.63) is 76.2 Å². The third-order valence-corrected chi connectivity index (χ3v) is 3.96. The number of hydrogen-bond acceptors (Lipinski definition) is 3. The molecule has 2 heterocycles. The molecule has 6 heteroatoms. The van der Waals surface area contributed by atoms with Gasteiger partial charge in [-0.15, -0.1) is 0 Å². The lowest BCUT2D eigenvalue weighted by Crippen LogP contribution is -2.15. The lowest BCUT2D eigenvalue weighted by Gasteiger charge is -2.12. The van der Waals surface area contributed by atoms with Gasteiger partial charge < -0.3 is 14.5 Å². The number of hydrogen-bond donors (Lipinski definition) is 1. The number of pyridine rings is 1. The van der Waals surface area contributed by atoms with Crippen molar-refractivity contribution in [1.29, 1.82) is 0 Å². The van der Waals surface area contributed by atoms with E-state index in [1.807, 2.05) is 0 Å². The second-order valence-corrected chi connectivity index (χ2v) is 6.04. The molecule has 0 fully saturated rings. The summed E-state index contributed by atoms with van der Waals surface area (Å²) >= 11 is 0. The molecule has 0 radical (unpaired) electrons. The maximum Gasteiger partial charge on any atom is 0.274 e. The van der Waals surface area contributed by atoms with Gasteiger partial charge in [-0.2, -0.15) is 0 Å². The summed E-state index contributed by atoms with van der Waals surface area (Å²) in [5.41, 5.74) is 0.916. The van der Waals surface area contributed by atoms with E-state index in [1.54, 1.807) is 62.7 Å². The highest BCUT2D eigenvalue weighted by atomic mass is 19.1. The molecule has 25 heavy (non-hydrogen) atoms. The lowest BCUT2D eigenvalue weighted by atomic mass is 9.97.